The first-order chi connectivity index (χ1) is 9.32. The van der Waals surface area contributed by atoms with Crippen molar-refractivity contribution in [3.05, 3.63) is 11.7 Å². The Morgan fingerprint density at radius 1 is 1.15 bits per heavy atom. The van der Waals surface area contributed by atoms with Gasteiger partial charge in [0.2, 0.25) is 5.89 Å². The summed E-state index contributed by atoms with van der Waals surface area (Å²) in [6.07, 6.45) is 7.85. The van der Waals surface area contributed by atoms with Crippen molar-refractivity contribution in [2.24, 2.45) is 22.5 Å². The Balaban J connectivity index is 1.76. The first kappa shape index (κ1) is 12.8. The van der Waals surface area contributed by atoms with Gasteiger partial charge in [-0.25, -0.2) is 0 Å². The second-order valence-electron chi connectivity index (χ2n) is 8.66. The molecule has 2 unspecified atom stereocenters. The van der Waals surface area contributed by atoms with Crippen molar-refractivity contribution in [1.29, 1.82) is 0 Å². The van der Waals surface area contributed by atoms with E-state index in [9.17, 15) is 0 Å². The maximum Gasteiger partial charge on any atom is 0.243 e. The first-order valence-corrected chi connectivity index (χ1v) is 7.91. The Morgan fingerprint density at radius 2 is 1.80 bits per heavy atom. The number of nitrogens with two attached hydrogens (primary N) is 1. The topological polar surface area (TPSA) is 64.9 Å². The van der Waals surface area contributed by atoms with Crippen LogP contribution in [-0.2, 0) is 5.41 Å². The molecule has 0 saturated heterocycles. The van der Waals surface area contributed by atoms with Crippen LogP contribution >= 0.6 is 0 Å². The molecule has 0 radical (unpaired) electrons. The van der Waals surface area contributed by atoms with Gasteiger partial charge in [0, 0.05) is 5.41 Å². The number of hydrogen-bond donors (Lipinski definition) is 1. The van der Waals surface area contributed by atoms with Gasteiger partial charge in [-0.15, -0.1) is 0 Å². The van der Waals surface area contributed by atoms with Crippen LogP contribution in [-0.4, -0.2) is 10.1 Å². The highest BCUT2D eigenvalue weighted by Gasteiger charge is 2.62. The maximum absolute atomic E-state index is 5.87. The van der Waals surface area contributed by atoms with Crippen LogP contribution < -0.4 is 5.73 Å². The van der Waals surface area contributed by atoms with Crippen LogP contribution in [0.5, 0.6) is 0 Å². The standard InChI is InChI=1S/C16H25N3O/c1-10(17)12-18-13(19-20-12)16-6-11-4-14(2,8-16)7-15(3,5-11)9-16/h10-11H,4-9,17H2,1-3H3/t10-,11?,14?,15?,16?/m0/s1. The molecule has 1 heterocycles. The molecule has 4 bridgehead atoms. The number of nitrogens with zero attached hydrogens (tertiary/aromatic N) is 2. The third kappa shape index (κ3) is 1.70. The van der Waals surface area contributed by atoms with Crippen molar-refractivity contribution in [3.8, 4) is 0 Å². The van der Waals surface area contributed by atoms with E-state index in [1.807, 2.05) is 6.92 Å². The van der Waals surface area contributed by atoms with Gasteiger partial charge in [-0.2, -0.15) is 4.98 Å². The van der Waals surface area contributed by atoms with Crippen molar-refractivity contribution in [2.75, 3.05) is 0 Å². The van der Waals surface area contributed by atoms with E-state index in [1.165, 1.54) is 38.5 Å². The molecule has 0 aromatic carbocycles. The van der Waals surface area contributed by atoms with E-state index in [0.29, 0.717) is 16.7 Å². The molecule has 4 fully saturated rings. The zero-order chi connectivity index (χ0) is 14.2. The van der Waals surface area contributed by atoms with Crippen molar-refractivity contribution in [3.63, 3.8) is 0 Å². The molecule has 2 N–H and O–H groups in total. The third-order valence-corrected chi connectivity index (χ3v) is 5.93. The highest BCUT2D eigenvalue weighted by molar-refractivity contribution is 5.21. The molecule has 4 nitrogen and oxygen atoms in total. The van der Waals surface area contributed by atoms with Crippen LogP contribution in [0.3, 0.4) is 0 Å². The molecular formula is C16H25N3O. The van der Waals surface area contributed by atoms with Gasteiger partial charge in [-0.05, 0) is 62.2 Å². The molecule has 0 aliphatic heterocycles. The number of hydrogen-bond acceptors (Lipinski definition) is 4. The smallest absolute Gasteiger partial charge is 0.243 e. The average Bonchev–Trinajstić information content (AvgIpc) is 2.72. The Morgan fingerprint density at radius 3 is 2.30 bits per heavy atom. The zero-order valence-electron chi connectivity index (χ0n) is 12.8. The van der Waals surface area contributed by atoms with E-state index < -0.39 is 0 Å². The quantitative estimate of drug-likeness (QED) is 0.899. The number of aromatic nitrogens is 2. The summed E-state index contributed by atoms with van der Waals surface area (Å²) in [4.78, 5) is 4.66. The zero-order valence-corrected chi connectivity index (χ0v) is 12.8. The normalized spacial score (nSPS) is 47.7. The van der Waals surface area contributed by atoms with E-state index in [4.69, 9.17) is 10.3 Å². The fourth-order valence-corrected chi connectivity index (χ4v) is 6.33. The summed E-state index contributed by atoms with van der Waals surface area (Å²) in [5, 5.41) is 4.32. The molecule has 4 heteroatoms. The largest absolute Gasteiger partial charge is 0.338 e. The fraction of sp³-hybridized carbons (Fsp3) is 0.875. The molecule has 4 aliphatic rings. The molecule has 4 aliphatic carbocycles. The lowest BCUT2D eigenvalue weighted by Gasteiger charge is -2.64. The van der Waals surface area contributed by atoms with E-state index in [2.05, 4.69) is 24.0 Å². The fourth-order valence-electron chi connectivity index (χ4n) is 6.33. The summed E-state index contributed by atoms with van der Waals surface area (Å²) in [7, 11) is 0. The lowest BCUT2D eigenvalue weighted by Crippen LogP contribution is -2.57. The molecule has 1 aromatic rings. The summed E-state index contributed by atoms with van der Waals surface area (Å²) in [6, 6.07) is -0.170. The average molecular weight is 275 g/mol. The Hall–Kier alpha value is -0.900. The Labute approximate surface area is 120 Å². The van der Waals surface area contributed by atoms with Gasteiger partial charge in [0.25, 0.3) is 0 Å². The highest BCUT2D eigenvalue weighted by atomic mass is 16.5. The molecule has 0 amide bonds. The minimum absolute atomic E-state index is 0.152. The summed E-state index contributed by atoms with van der Waals surface area (Å²) in [5.74, 6) is 2.37. The molecular weight excluding hydrogens is 250 g/mol. The van der Waals surface area contributed by atoms with E-state index in [1.54, 1.807) is 0 Å². The van der Waals surface area contributed by atoms with Crippen LogP contribution in [0.25, 0.3) is 0 Å². The Bertz CT molecular complexity index is 532. The summed E-state index contributed by atoms with van der Waals surface area (Å²) < 4.78 is 5.40. The van der Waals surface area contributed by atoms with Crippen molar-refractivity contribution in [2.45, 2.75) is 70.8 Å². The second-order valence-corrected chi connectivity index (χ2v) is 8.66. The minimum atomic E-state index is -0.170. The molecule has 20 heavy (non-hydrogen) atoms. The molecule has 110 valence electrons. The summed E-state index contributed by atoms with van der Waals surface area (Å²) >= 11 is 0. The van der Waals surface area contributed by atoms with Gasteiger partial charge in [0.05, 0.1) is 6.04 Å². The van der Waals surface area contributed by atoms with Crippen LogP contribution in [0.1, 0.15) is 77.1 Å². The third-order valence-electron chi connectivity index (χ3n) is 5.93. The number of rotatable bonds is 2. The van der Waals surface area contributed by atoms with Crippen LogP contribution in [0.2, 0.25) is 0 Å². The molecule has 1 aromatic heterocycles. The van der Waals surface area contributed by atoms with Gasteiger partial charge >= 0.3 is 0 Å². The first-order valence-electron chi connectivity index (χ1n) is 7.91. The summed E-state index contributed by atoms with van der Waals surface area (Å²) in [5.41, 5.74) is 6.98. The highest BCUT2D eigenvalue weighted by Crippen LogP contribution is 2.69. The van der Waals surface area contributed by atoms with Crippen molar-refractivity contribution < 1.29 is 4.52 Å². The van der Waals surface area contributed by atoms with Crippen molar-refractivity contribution in [1.82, 2.24) is 10.1 Å². The molecule has 5 rings (SSSR count). The van der Waals surface area contributed by atoms with E-state index in [-0.39, 0.29) is 11.5 Å². The van der Waals surface area contributed by atoms with Crippen LogP contribution in [0.4, 0.5) is 0 Å². The summed E-state index contributed by atoms with van der Waals surface area (Å²) in [6.45, 7) is 6.84. The van der Waals surface area contributed by atoms with Crippen molar-refractivity contribution >= 4 is 0 Å². The second kappa shape index (κ2) is 3.65. The van der Waals surface area contributed by atoms with Gasteiger partial charge in [0.15, 0.2) is 5.82 Å². The SMILES string of the molecule is C[C@H](N)c1nc(C23CC4CC(C)(CC(C)(C4)C2)C3)no1. The lowest BCUT2D eigenvalue weighted by molar-refractivity contribution is -0.113. The molecule has 4 saturated carbocycles. The maximum atomic E-state index is 5.87. The molecule has 0 spiro atoms. The van der Waals surface area contributed by atoms with Crippen LogP contribution in [0, 0.1) is 16.7 Å². The van der Waals surface area contributed by atoms with E-state index >= 15 is 0 Å². The minimum Gasteiger partial charge on any atom is -0.338 e. The predicted molar refractivity (Wildman–Crippen MR) is 76.0 cm³/mol. The molecule has 3 atom stereocenters. The van der Waals surface area contributed by atoms with Gasteiger partial charge in [0.1, 0.15) is 0 Å². The van der Waals surface area contributed by atoms with E-state index in [0.717, 1.165) is 11.7 Å². The van der Waals surface area contributed by atoms with Crippen LogP contribution in [0.15, 0.2) is 4.52 Å². The van der Waals surface area contributed by atoms with Gasteiger partial charge in [-0.1, -0.05) is 19.0 Å². The Kier molecular flexibility index (Phi) is 2.34. The van der Waals surface area contributed by atoms with Gasteiger partial charge in [-0.3, -0.25) is 0 Å². The lowest BCUT2D eigenvalue weighted by atomic mass is 9.40. The van der Waals surface area contributed by atoms with Gasteiger partial charge < -0.3 is 10.3 Å². The predicted octanol–water partition coefficient (Wildman–Crippen LogP) is 3.34. The monoisotopic (exact) mass is 275 g/mol.